The molecule has 1 aliphatic heterocycles. The van der Waals surface area contributed by atoms with E-state index < -0.39 is 22.0 Å². The Morgan fingerprint density at radius 3 is 2.70 bits per heavy atom. The van der Waals surface area contributed by atoms with Crippen molar-refractivity contribution in [3.8, 4) is 5.75 Å². The molecule has 1 aromatic heterocycles. The molecule has 27 heavy (non-hydrogen) atoms. The summed E-state index contributed by atoms with van der Waals surface area (Å²) in [6.07, 6.45) is 1.43. The van der Waals surface area contributed by atoms with Crippen LogP contribution in [0.5, 0.6) is 5.75 Å². The predicted molar refractivity (Wildman–Crippen MR) is 99.2 cm³/mol. The second kappa shape index (κ2) is 7.71. The van der Waals surface area contributed by atoms with Crippen LogP contribution in [0.2, 0.25) is 0 Å². The van der Waals surface area contributed by atoms with Crippen molar-refractivity contribution >= 4 is 16.0 Å². The summed E-state index contributed by atoms with van der Waals surface area (Å²) in [6, 6.07) is 8.31. The van der Waals surface area contributed by atoms with Gasteiger partial charge in [0.1, 0.15) is 16.3 Å². The molecular formula is C18H23N3O5S. The van der Waals surface area contributed by atoms with Crippen LogP contribution in [-0.4, -0.2) is 57.1 Å². The van der Waals surface area contributed by atoms with Crippen LogP contribution in [0, 0.1) is 0 Å². The number of nitrogens with one attached hydrogen (secondary N) is 1. The van der Waals surface area contributed by atoms with Crippen molar-refractivity contribution in [3.05, 3.63) is 47.8 Å². The van der Waals surface area contributed by atoms with Crippen molar-refractivity contribution in [1.82, 2.24) is 14.2 Å². The van der Waals surface area contributed by atoms with E-state index in [9.17, 15) is 13.2 Å². The van der Waals surface area contributed by atoms with Crippen LogP contribution in [0.1, 0.15) is 22.1 Å². The Hall–Kier alpha value is -2.36. The minimum atomic E-state index is -3.82. The molecule has 1 aromatic carbocycles. The van der Waals surface area contributed by atoms with Crippen molar-refractivity contribution < 1.29 is 22.7 Å². The number of para-hydroxylation sites is 1. The number of aryl methyl sites for hydroxylation is 1. The first-order valence-corrected chi connectivity index (χ1v) is 9.94. The molecule has 2 aromatic rings. The van der Waals surface area contributed by atoms with E-state index in [0.29, 0.717) is 25.4 Å². The molecule has 9 heteroatoms. The third kappa shape index (κ3) is 3.58. The summed E-state index contributed by atoms with van der Waals surface area (Å²) in [6.45, 7) is 1.32. The molecule has 3 rings (SSSR count). The van der Waals surface area contributed by atoms with Gasteiger partial charge in [-0.05, 0) is 12.1 Å². The van der Waals surface area contributed by atoms with Crippen molar-refractivity contribution in [3.63, 3.8) is 0 Å². The largest absolute Gasteiger partial charge is 0.496 e. The summed E-state index contributed by atoms with van der Waals surface area (Å²) in [7, 11) is 0.618. The zero-order chi connectivity index (χ0) is 19.6. The number of piperazine rings is 1. The van der Waals surface area contributed by atoms with Gasteiger partial charge in [0.25, 0.3) is 0 Å². The van der Waals surface area contributed by atoms with Crippen LogP contribution in [-0.2, 0) is 21.8 Å². The molecule has 0 spiro atoms. The lowest BCUT2D eigenvalue weighted by Crippen LogP contribution is -2.48. The topological polar surface area (TPSA) is 89.9 Å². The van der Waals surface area contributed by atoms with Gasteiger partial charge in [-0.15, -0.1) is 0 Å². The Morgan fingerprint density at radius 2 is 2.00 bits per heavy atom. The maximum absolute atomic E-state index is 13.3. The van der Waals surface area contributed by atoms with E-state index in [1.54, 1.807) is 14.2 Å². The van der Waals surface area contributed by atoms with E-state index in [4.69, 9.17) is 9.47 Å². The Morgan fingerprint density at radius 1 is 1.26 bits per heavy atom. The number of hydrogen-bond acceptors (Lipinski definition) is 6. The van der Waals surface area contributed by atoms with Crippen LogP contribution in [0.4, 0.5) is 0 Å². The zero-order valence-corrected chi connectivity index (χ0v) is 16.3. The molecule has 2 heterocycles. The fourth-order valence-electron chi connectivity index (χ4n) is 3.30. The second-order valence-electron chi connectivity index (χ2n) is 6.24. The molecule has 1 fully saturated rings. The van der Waals surface area contributed by atoms with Gasteiger partial charge in [0.05, 0.1) is 20.3 Å². The van der Waals surface area contributed by atoms with Gasteiger partial charge in [0.15, 0.2) is 0 Å². The quantitative estimate of drug-likeness (QED) is 0.767. The Balaban J connectivity index is 2.02. The summed E-state index contributed by atoms with van der Waals surface area (Å²) >= 11 is 0. The number of benzene rings is 1. The molecule has 0 saturated carbocycles. The van der Waals surface area contributed by atoms with Crippen LogP contribution in [0.25, 0.3) is 0 Å². The molecule has 1 N–H and O–H groups in total. The number of nitrogens with zero attached hydrogens (tertiary/aromatic N) is 2. The first-order valence-electron chi connectivity index (χ1n) is 8.50. The second-order valence-corrected chi connectivity index (χ2v) is 8.13. The maximum atomic E-state index is 13.3. The lowest BCUT2D eigenvalue weighted by molar-refractivity contribution is 0.0590. The van der Waals surface area contributed by atoms with E-state index in [2.05, 4.69) is 5.32 Å². The van der Waals surface area contributed by atoms with Crippen molar-refractivity contribution in [1.29, 1.82) is 0 Å². The van der Waals surface area contributed by atoms with Crippen molar-refractivity contribution in [2.45, 2.75) is 10.9 Å². The predicted octanol–water partition coefficient (Wildman–Crippen LogP) is 1.16. The number of rotatable bonds is 5. The summed E-state index contributed by atoms with van der Waals surface area (Å²) in [5.41, 5.74) is 0.972. The molecule has 1 unspecified atom stereocenters. The molecule has 0 aliphatic carbocycles. The van der Waals surface area contributed by atoms with E-state index in [1.807, 2.05) is 24.3 Å². The Labute approximate surface area is 158 Å². The van der Waals surface area contributed by atoms with E-state index in [0.717, 1.165) is 5.56 Å². The number of carbonyl (C=O) groups excluding carboxylic acids is 1. The van der Waals surface area contributed by atoms with Gasteiger partial charge in [0, 0.05) is 38.4 Å². The van der Waals surface area contributed by atoms with Gasteiger partial charge in [-0.25, -0.2) is 13.2 Å². The highest BCUT2D eigenvalue weighted by Gasteiger charge is 2.36. The highest BCUT2D eigenvalue weighted by Crippen LogP contribution is 2.34. The van der Waals surface area contributed by atoms with Gasteiger partial charge in [-0.1, -0.05) is 18.2 Å². The zero-order valence-electron chi connectivity index (χ0n) is 15.5. The van der Waals surface area contributed by atoms with E-state index in [-0.39, 0.29) is 10.6 Å². The molecule has 146 valence electrons. The molecular weight excluding hydrogens is 370 g/mol. The third-order valence-electron chi connectivity index (χ3n) is 4.67. The molecule has 1 aliphatic rings. The SMILES string of the molecule is COC(=O)c1cc(S(=O)(=O)N2CCNCC2c2ccccc2OC)cn1C. The lowest BCUT2D eigenvalue weighted by atomic mass is 10.0. The Kier molecular flexibility index (Phi) is 5.54. The number of aromatic nitrogens is 1. The molecule has 0 radical (unpaired) electrons. The molecule has 0 amide bonds. The molecule has 1 saturated heterocycles. The summed E-state index contributed by atoms with van der Waals surface area (Å²) in [4.78, 5) is 11.9. The van der Waals surface area contributed by atoms with Crippen molar-refractivity contribution in [2.24, 2.45) is 7.05 Å². The summed E-state index contributed by atoms with van der Waals surface area (Å²) in [5, 5.41) is 3.24. The van der Waals surface area contributed by atoms with Crippen LogP contribution >= 0.6 is 0 Å². The number of esters is 1. The number of carbonyl (C=O) groups is 1. The fourth-order valence-corrected chi connectivity index (χ4v) is 4.98. The standard InChI is InChI=1S/C18H23N3O5S/c1-20-12-13(10-15(20)18(22)26-3)27(23,24)21-9-8-19-11-16(21)14-6-4-5-7-17(14)25-2/h4-7,10,12,16,19H,8-9,11H2,1-3H3. The average Bonchev–Trinajstić information content (AvgIpc) is 3.10. The van der Waals surface area contributed by atoms with Gasteiger partial charge in [-0.3, -0.25) is 0 Å². The fraction of sp³-hybridized carbons (Fsp3) is 0.389. The van der Waals surface area contributed by atoms with E-state index >= 15 is 0 Å². The monoisotopic (exact) mass is 393 g/mol. The third-order valence-corrected chi connectivity index (χ3v) is 6.55. The molecule has 0 bridgehead atoms. The molecule has 1 atom stereocenters. The van der Waals surface area contributed by atoms with Gasteiger partial charge >= 0.3 is 5.97 Å². The maximum Gasteiger partial charge on any atom is 0.354 e. The highest BCUT2D eigenvalue weighted by atomic mass is 32.2. The van der Waals surface area contributed by atoms with Gasteiger partial charge in [-0.2, -0.15) is 4.31 Å². The summed E-state index contributed by atoms with van der Waals surface area (Å²) < 4.78 is 39.7. The number of hydrogen-bond donors (Lipinski definition) is 1. The van der Waals surface area contributed by atoms with Crippen molar-refractivity contribution in [2.75, 3.05) is 33.9 Å². The minimum absolute atomic E-state index is 0.0622. The highest BCUT2D eigenvalue weighted by molar-refractivity contribution is 7.89. The van der Waals surface area contributed by atoms with E-state index in [1.165, 1.54) is 28.2 Å². The van der Waals surface area contributed by atoms with Crippen LogP contribution in [0.3, 0.4) is 0 Å². The average molecular weight is 393 g/mol. The Bertz CT molecular complexity index is 938. The van der Waals surface area contributed by atoms with Crippen LogP contribution in [0.15, 0.2) is 41.4 Å². The number of sulfonamides is 1. The first-order chi connectivity index (χ1) is 12.9. The number of methoxy groups -OCH3 is 2. The first kappa shape index (κ1) is 19.4. The molecule has 8 nitrogen and oxygen atoms in total. The lowest BCUT2D eigenvalue weighted by Gasteiger charge is -2.35. The smallest absolute Gasteiger partial charge is 0.354 e. The van der Waals surface area contributed by atoms with Gasteiger partial charge < -0.3 is 19.4 Å². The normalized spacial score (nSPS) is 18.3. The summed E-state index contributed by atoms with van der Waals surface area (Å²) in [5.74, 6) is 0.0512. The number of ether oxygens (including phenoxy) is 2. The van der Waals surface area contributed by atoms with Gasteiger partial charge in [0.2, 0.25) is 10.0 Å². The van der Waals surface area contributed by atoms with Crippen LogP contribution < -0.4 is 10.1 Å². The minimum Gasteiger partial charge on any atom is -0.496 e.